The highest BCUT2D eigenvalue weighted by Crippen LogP contribution is 2.29. The number of aryl methyl sites for hydroxylation is 1. The van der Waals surface area contributed by atoms with E-state index in [4.69, 9.17) is 10.2 Å². The molecular formula is C12H11N3O. The van der Waals surface area contributed by atoms with Gasteiger partial charge in [0.05, 0.1) is 11.1 Å². The van der Waals surface area contributed by atoms with Crippen LogP contribution in [0, 0.1) is 0 Å². The minimum Gasteiger partial charge on any atom is -0.438 e. The minimum absolute atomic E-state index is 0.267. The monoisotopic (exact) mass is 213 g/mol. The van der Waals surface area contributed by atoms with Gasteiger partial charge in [-0.1, -0.05) is 25.1 Å². The van der Waals surface area contributed by atoms with Gasteiger partial charge in [-0.05, 0) is 12.5 Å². The minimum atomic E-state index is 0.267. The lowest BCUT2D eigenvalue weighted by Gasteiger charge is -1.98. The molecular weight excluding hydrogens is 202 g/mol. The fraction of sp³-hybridized carbons (Fsp3) is 0.167. The molecule has 0 aliphatic rings. The molecule has 80 valence electrons. The molecule has 0 atom stereocenters. The van der Waals surface area contributed by atoms with Gasteiger partial charge < -0.3 is 10.2 Å². The predicted octanol–water partition coefficient (Wildman–Crippen LogP) is 2.52. The van der Waals surface area contributed by atoms with Crippen LogP contribution in [0.1, 0.15) is 12.6 Å². The standard InChI is InChI=1S/C12H11N3O/c1-2-8-10-7-5-3-4-6-9(7)16-11(10)15-12(13)14-8/h3-6H,2H2,1H3,(H2,13,14,15). The molecule has 3 aromatic rings. The Hall–Kier alpha value is -2.10. The third-order valence-corrected chi connectivity index (χ3v) is 2.67. The largest absolute Gasteiger partial charge is 0.438 e. The van der Waals surface area contributed by atoms with Gasteiger partial charge in [0, 0.05) is 5.39 Å². The highest BCUT2D eigenvalue weighted by atomic mass is 16.3. The SMILES string of the molecule is CCc1nc(N)nc2oc3ccccc3c12. The Bertz CT molecular complexity index is 672. The van der Waals surface area contributed by atoms with Crippen molar-refractivity contribution < 1.29 is 4.42 Å². The molecule has 4 heteroatoms. The molecule has 2 N–H and O–H groups in total. The van der Waals surface area contributed by atoms with Crippen LogP contribution >= 0.6 is 0 Å². The first kappa shape index (κ1) is 9.15. The molecule has 4 nitrogen and oxygen atoms in total. The van der Waals surface area contributed by atoms with Crippen LogP contribution in [0.25, 0.3) is 22.1 Å². The van der Waals surface area contributed by atoms with Crippen molar-refractivity contribution in [1.82, 2.24) is 9.97 Å². The van der Waals surface area contributed by atoms with Crippen molar-refractivity contribution >= 4 is 28.0 Å². The molecule has 0 aliphatic carbocycles. The molecule has 0 bridgehead atoms. The van der Waals surface area contributed by atoms with Crippen molar-refractivity contribution in [3.8, 4) is 0 Å². The summed E-state index contributed by atoms with van der Waals surface area (Å²) in [6.45, 7) is 2.04. The number of aromatic nitrogens is 2. The zero-order valence-corrected chi connectivity index (χ0v) is 8.90. The zero-order chi connectivity index (χ0) is 11.1. The van der Waals surface area contributed by atoms with Crippen molar-refractivity contribution in [3.05, 3.63) is 30.0 Å². The average Bonchev–Trinajstić information content (AvgIpc) is 2.65. The van der Waals surface area contributed by atoms with Crippen molar-refractivity contribution in [2.45, 2.75) is 13.3 Å². The van der Waals surface area contributed by atoms with E-state index in [1.54, 1.807) is 0 Å². The molecule has 0 spiro atoms. The number of nitrogens with two attached hydrogens (primary N) is 1. The van der Waals surface area contributed by atoms with Crippen molar-refractivity contribution in [2.24, 2.45) is 0 Å². The smallest absolute Gasteiger partial charge is 0.232 e. The van der Waals surface area contributed by atoms with Gasteiger partial charge in [-0.2, -0.15) is 4.98 Å². The number of nitrogens with zero attached hydrogens (tertiary/aromatic N) is 2. The van der Waals surface area contributed by atoms with Gasteiger partial charge in [-0.3, -0.25) is 0 Å². The molecule has 0 aliphatic heterocycles. The summed E-state index contributed by atoms with van der Waals surface area (Å²) in [5.41, 5.74) is 7.98. The second-order valence-electron chi connectivity index (χ2n) is 3.66. The van der Waals surface area contributed by atoms with Crippen LogP contribution in [0.4, 0.5) is 5.95 Å². The van der Waals surface area contributed by atoms with Crippen molar-refractivity contribution in [3.63, 3.8) is 0 Å². The van der Waals surface area contributed by atoms with Gasteiger partial charge >= 0.3 is 0 Å². The molecule has 16 heavy (non-hydrogen) atoms. The molecule has 1 aromatic carbocycles. The molecule has 0 fully saturated rings. The Labute approximate surface area is 92.1 Å². The van der Waals surface area contributed by atoms with Crippen LogP contribution in [0.2, 0.25) is 0 Å². The summed E-state index contributed by atoms with van der Waals surface area (Å²) in [5.74, 6) is 0.267. The maximum Gasteiger partial charge on any atom is 0.232 e. The lowest BCUT2D eigenvalue weighted by Crippen LogP contribution is -1.98. The normalized spacial score (nSPS) is 11.3. The van der Waals surface area contributed by atoms with E-state index in [9.17, 15) is 0 Å². The summed E-state index contributed by atoms with van der Waals surface area (Å²) in [4.78, 5) is 8.37. The van der Waals surface area contributed by atoms with Gasteiger partial charge in [-0.25, -0.2) is 4.98 Å². The van der Waals surface area contributed by atoms with E-state index in [0.29, 0.717) is 5.71 Å². The van der Waals surface area contributed by atoms with Gasteiger partial charge in [-0.15, -0.1) is 0 Å². The van der Waals surface area contributed by atoms with Crippen molar-refractivity contribution in [1.29, 1.82) is 0 Å². The van der Waals surface area contributed by atoms with Gasteiger partial charge in [0.25, 0.3) is 0 Å². The van der Waals surface area contributed by atoms with Gasteiger partial charge in [0.1, 0.15) is 5.58 Å². The molecule has 0 saturated heterocycles. The van der Waals surface area contributed by atoms with E-state index < -0.39 is 0 Å². The summed E-state index contributed by atoms with van der Waals surface area (Å²) >= 11 is 0. The number of rotatable bonds is 1. The number of fused-ring (bicyclic) bond motifs is 3. The predicted molar refractivity (Wildman–Crippen MR) is 63.1 cm³/mol. The number of nitrogen functional groups attached to an aromatic ring is 1. The summed E-state index contributed by atoms with van der Waals surface area (Å²) in [6, 6.07) is 7.85. The first-order chi connectivity index (χ1) is 7.79. The van der Waals surface area contributed by atoms with E-state index in [1.165, 1.54) is 0 Å². The third-order valence-electron chi connectivity index (χ3n) is 2.67. The fourth-order valence-electron chi connectivity index (χ4n) is 1.97. The van der Waals surface area contributed by atoms with E-state index in [1.807, 2.05) is 31.2 Å². The maximum atomic E-state index is 5.64. The zero-order valence-electron chi connectivity index (χ0n) is 8.90. The number of benzene rings is 1. The number of hydrogen-bond donors (Lipinski definition) is 1. The van der Waals surface area contributed by atoms with E-state index in [-0.39, 0.29) is 5.95 Å². The number of hydrogen-bond acceptors (Lipinski definition) is 4. The first-order valence-electron chi connectivity index (χ1n) is 5.23. The highest BCUT2D eigenvalue weighted by molar-refractivity contribution is 6.05. The van der Waals surface area contributed by atoms with Crippen LogP contribution in [0.15, 0.2) is 28.7 Å². The van der Waals surface area contributed by atoms with Gasteiger partial charge in [0.15, 0.2) is 0 Å². The van der Waals surface area contributed by atoms with Crippen LogP contribution in [0.3, 0.4) is 0 Å². The van der Waals surface area contributed by atoms with Crippen LogP contribution in [-0.4, -0.2) is 9.97 Å². The summed E-state index contributed by atoms with van der Waals surface area (Å²) in [7, 11) is 0. The number of para-hydroxylation sites is 1. The quantitative estimate of drug-likeness (QED) is 0.674. The Morgan fingerprint density at radius 2 is 2.06 bits per heavy atom. The molecule has 2 heterocycles. The highest BCUT2D eigenvalue weighted by Gasteiger charge is 2.12. The lowest BCUT2D eigenvalue weighted by molar-refractivity contribution is 0.653. The van der Waals surface area contributed by atoms with Gasteiger partial charge in [0.2, 0.25) is 11.7 Å². The third kappa shape index (κ3) is 1.16. The summed E-state index contributed by atoms with van der Waals surface area (Å²) < 4.78 is 5.64. The first-order valence-corrected chi connectivity index (χ1v) is 5.23. The Morgan fingerprint density at radius 1 is 1.25 bits per heavy atom. The molecule has 3 rings (SSSR count). The lowest BCUT2D eigenvalue weighted by atomic mass is 10.1. The maximum absolute atomic E-state index is 5.64. The van der Waals surface area contributed by atoms with Crippen LogP contribution in [-0.2, 0) is 6.42 Å². The molecule has 2 aromatic heterocycles. The van der Waals surface area contributed by atoms with E-state index in [2.05, 4.69) is 9.97 Å². The molecule has 0 unspecified atom stereocenters. The number of furan rings is 1. The average molecular weight is 213 g/mol. The molecule has 0 amide bonds. The molecule has 0 radical (unpaired) electrons. The van der Waals surface area contributed by atoms with E-state index >= 15 is 0 Å². The molecule has 0 saturated carbocycles. The van der Waals surface area contributed by atoms with Crippen LogP contribution in [0.5, 0.6) is 0 Å². The Balaban J connectivity index is 2.55. The summed E-state index contributed by atoms with van der Waals surface area (Å²) in [6.07, 6.45) is 0.812. The Kier molecular flexibility index (Phi) is 1.83. The second-order valence-corrected chi connectivity index (χ2v) is 3.66. The summed E-state index contributed by atoms with van der Waals surface area (Å²) in [5, 5.41) is 2.03. The topological polar surface area (TPSA) is 64.9 Å². The van der Waals surface area contributed by atoms with E-state index in [0.717, 1.165) is 28.5 Å². The number of anilines is 1. The van der Waals surface area contributed by atoms with Crippen molar-refractivity contribution in [2.75, 3.05) is 5.73 Å². The fourth-order valence-corrected chi connectivity index (χ4v) is 1.97. The Morgan fingerprint density at radius 3 is 2.88 bits per heavy atom. The second kappa shape index (κ2) is 3.20. The van der Waals surface area contributed by atoms with Crippen LogP contribution < -0.4 is 5.73 Å².